The summed E-state index contributed by atoms with van der Waals surface area (Å²) in [6, 6.07) is 20.8. The molecular formula is C39H39N2O4+. The number of benzene rings is 4. The van der Waals surface area contributed by atoms with Gasteiger partial charge < -0.3 is 15.1 Å². The number of carbonyl (C=O) groups is 2. The van der Waals surface area contributed by atoms with E-state index in [0.717, 1.165) is 44.7 Å². The molecule has 0 aromatic heterocycles. The molecular weight excluding hydrogens is 560 g/mol. The lowest BCUT2D eigenvalue weighted by molar-refractivity contribution is -0.427. The molecule has 0 amide bonds. The van der Waals surface area contributed by atoms with Crippen molar-refractivity contribution in [2.75, 3.05) is 18.0 Å². The van der Waals surface area contributed by atoms with Crippen LogP contribution in [0.25, 0.3) is 21.5 Å². The molecule has 0 bridgehead atoms. The summed E-state index contributed by atoms with van der Waals surface area (Å²) in [4.78, 5) is 25.9. The number of carboxylic acid groups (broad SMARTS) is 2. The Labute approximate surface area is 263 Å². The number of hydrogen-bond donors (Lipinski definition) is 2. The highest BCUT2D eigenvalue weighted by atomic mass is 16.4. The molecule has 0 atom stereocenters. The molecule has 0 radical (unpaired) electrons. The summed E-state index contributed by atoms with van der Waals surface area (Å²) in [6.45, 7) is 12.5. The fraction of sp³-hybridized carbons (Fsp3) is 0.256. The van der Waals surface area contributed by atoms with Crippen molar-refractivity contribution < 1.29 is 24.4 Å². The Morgan fingerprint density at radius 1 is 0.733 bits per heavy atom. The molecule has 6 rings (SSSR count). The maximum Gasteiger partial charge on any atom is 0.370 e. The molecule has 0 fully saturated rings. The van der Waals surface area contributed by atoms with Gasteiger partial charge in [0.2, 0.25) is 12.2 Å². The Morgan fingerprint density at radius 2 is 1.36 bits per heavy atom. The molecule has 2 aliphatic rings. The van der Waals surface area contributed by atoms with Crippen molar-refractivity contribution in [1.29, 1.82) is 0 Å². The largest absolute Gasteiger partial charge is 0.480 e. The minimum Gasteiger partial charge on any atom is -0.480 e. The lowest BCUT2D eigenvalue weighted by Gasteiger charge is -2.26. The molecule has 45 heavy (non-hydrogen) atoms. The smallest absolute Gasteiger partial charge is 0.370 e. The zero-order valence-electron chi connectivity index (χ0n) is 26.7. The standard InChI is InChI=1S/C39H38N2O4/c1-24-12-10-14-28-26(24)18-20-30-36(28)38(3,4)32(40(30)22-34(42)43)16-8-7-9-17-33-39(5,6)37-29-15-11-13-25(2)27(29)19-21-31(37)41(33)23-35(44)45/h7-21H,22-23H2,1-6H3,(H-,42,43,44,45)/p+1. The molecule has 4 aromatic rings. The number of nitrogens with zero attached hydrogens (tertiary/aromatic N) is 2. The first-order chi connectivity index (χ1) is 21.3. The van der Waals surface area contributed by atoms with Crippen molar-refractivity contribution in [1.82, 2.24) is 0 Å². The first-order valence-corrected chi connectivity index (χ1v) is 15.3. The van der Waals surface area contributed by atoms with Gasteiger partial charge in [-0.2, -0.15) is 4.58 Å². The van der Waals surface area contributed by atoms with E-state index in [1.807, 2.05) is 52.0 Å². The second kappa shape index (κ2) is 10.9. The van der Waals surface area contributed by atoms with Crippen LogP contribution in [0, 0.1) is 13.8 Å². The summed E-state index contributed by atoms with van der Waals surface area (Å²) in [6.07, 6.45) is 9.81. The topological polar surface area (TPSA) is 80.9 Å². The molecule has 2 heterocycles. The van der Waals surface area contributed by atoms with Crippen molar-refractivity contribution in [3.8, 4) is 0 Å². The maximum atomic E-state index is 12.0. The summed E-state index contributed by atoms with van der Waals surface area (Å²) in [5, 5.41) is 24.3. The van der Waals surface area contributed by atoms with Crippen molar-refractivity contribution >= 4 is 50.6 Å². The molecule has 6 nitrogen and oxygen atoms in total. The van der Waals surface area contributed by atoms with Gasteiger partial charge in [-0.1, -0.05) is 74.5 Å². The van der Waals surface area contributed by atoms with E-state index in [0.29, 0.717) is 0 Å². The Morgan fingerprint density at radius 3 is 1.98 bits per heavy atom. The van der Waals surface area contributed by atoms with E-state index >= 15 is 0 Å². The van der Waals surface area contributed by atoms with Gasteiger partial charge >= 0.3 is 11.9 Å². The van der Waals surface area contributed by atoms with Gasteiger partial charge in [0.05, 0.1) is 5.41 Å². The van der Waals surface area contributed by atoms with Gasteiger partial charge in [0.1, 0.15) is 6.54 Å². The van der Waals surface area contributed by atoms with E-state index in [-0.39, 0.29) is 13.1 Å². The number of carboxylic acids is 2. The van der Waals surface area contributed by atoms with Crippen molar-refractivity contribution in [2.24, 2.45) is 0 Å². The van der Waals surface area contributed by atoms with Crippen LogP contribution in [0.15, 0.2) is 96.7 Å². The Kier molecular flexibility index (Phi) is 7.27. The van der Waals surface area contributed by atoms with Gasteiger partial charge in [0.15, 0.2) is 5.71 Å². The van der Waals surface area contributed by atoms with Gasteiger partial charge in [0, 0.05) is 34.5 Å². The number of aryl methyl sites for hydroxylation is 2. The van der Waals surface area contributed by atoms with Crippen LogP contribution in [0.3, 0.4) is 0 Å². The van der Waals surface area contributed by atoms with Gasteiger partial charge in [-0.05, 0) is 84.1 Å². The monoisotopic (exact) mass is 599 g/mol. The van der Waals surface area contributed by atoms with Gasteiger partial charge in [-0.15, -0.1) is 0 Å². The number of anilines is 1. The highest BCUT2D eigenvalue weighted by Crippen LogP contribution is 2.51. The first-order valence-electron chi connectivity index (χ1n) is 15.3. The van der Waals surface area contributed by atoms with Crippen LogP contribution in [-0.2, 0) is 20.4 Å². The number of allylic oxidation sites excluding steroid dienone is 6. The average molecular weight is 600 g/mol. The van der Waals surface area contributed by atoms with Crippen LogP contribution in [0.1, 0.15) is 49.9 Å². The van der Waals surface area contributed by atoms with E-state index in [1.165, 1.54) is 21.9 Å². The Hall–Kier alpha value is -4.97. The number of aliphatic carboxylic acids is 2. The molecule has 0 saturated heterocycles. The zero-order chi connectivity index (χ0) is 32.3. The first kappa shape index (κ1) is 30.1. The minimum atomic E-state index is -0.890. The number of fused-ring (bicyclic) bond motifs is 6. The molecule has 6 heteroatoms. The summed E-state index contributed by atoms with van der Waals surface area (Å²) in [5.74, 6) is -1.78. The van der Waals surface area contributed by atoms with Crippen LogP contribution in [0.5, 0.6) is 0 Å². The highest BCUT2D eigenvalue weighted by Gasteiger charge is 2.46. The molecule has 228 valence electrons. The molecule has 0 spiro atoms. The number of rotatable bonds is 7. The lowest BCUT2D eigenvalue weighted by atomic mass is 9.78. The van der Waals surface area contributed by atoms with E-state index in [4.69, 9.17) is 0 Å². The van der Waals surface area contributed by atoms with Crippen molar-refractivity contribution in [3.63, 3.8) is 0 Å². The van der Waals surface area contributed by atoms with Crippen LogP contribution >= 0.6 is 0 Å². The summed E-state index contributed by atoms with van der Waals surface area (Å²) < 4.78 is 1.90. The second-order valence-corrected chi connectivity index (χ2v) is 13.2. The van der Waals surface area contributed by atoms with Crippen molar-refractivity contribution in [2.45, 2.75) is 52.4 Å². The maximum absolute atomic E-state index is 12.0. The van der Waals surface area contributed by atoms with E-state index in [1.54, 1.807) is 0 Å². The lowest BCUT2D eigenvalue weighted by Crippen LogP contribution is -2.30. The molecule has 0 saturated carbocycles. The predicted molar refractivity (Wildman–Crippen MR) is 182 cm³/mol. The van der Waals surface area contributed by atoms with Crippen LogP contribution in [0.2, 0.25) is 0 Å². The molecule has 4 aromatic carbocycles. The molecule has 0 aliphatic carbocycles. The Bertz CT molecular complexity index is 2040. The van der Waals surface area contributed by atoms with Gasteiger partial charge in [0.25, 0.3) is 0 Å². The minimum absolute atomic E-state index is 0.134. The zero-order valence-corrected chi connectivity index (χ0v) is 26.7. The normalized spacial score (nSPS) is 17.7. The van der Waals surface area contributed by atoms with E-state index in [2.05, 4.69) is 90.1 Å². The van der Waals surface area contributed by atoms with Crippen molar-refractivity contribution in [3.05, 3.63) is 119 Å². The third-order valence-corrected chi connectivity index (χ3v) is 9.53. The van der Waals surface area contributed by atoms with E-state index < -0.39 is 22.8 Å². The third kappa shape index (κ3) is 4.85. The number of hydrogen-bond acceptors (Lipinski definition) is 3. The summed E-state index contributed by atoms with van der Waals surface area (Å²) in [5.41, 5.74) is 7.46. The van der Waals surface area contributed by atoms with Gasteiger partial charge in [-0.3, -0.25) is 4.79 Å². The summed E-state index contributed by atoms with van der Waals surface area (Å²) in [7, 11) is 0. The quantitative estimate of drug-likeness (QED) is 0.166. The Balaban J connectivity index is 1.39. The fourth-order valence-corrected chi connectivity index (χ4v) is 7.53. The second-order valence-electron chi connectivity index (χ2n) is 13.2. The third-order valence-electron chi connectivity index (χ3n) is 9.53. The summed E-state index contributed by atoms with van der Waals surface area (Å²) >= 11 is 0. The fourth-order valence-electron chi connectivity index (χ4n) is 7.53. The molecule has 2 N–H and O–H groups in total. The van der Waals surface area contributed by atoms with E-state index in [9.17, 15) is 19.8 Å². The highest BCUT2D eigenvalue weighted by molar-refractivity contribution is 6.08. The SMILES string of the molecule is Cc1cccc2c3c(ccc12)[N+](CC(=O)O)=C(/C=C/C=C/C=C1/N(CC(=O)O)c2ccc4c(C)cccc4c2C1(C)C)C3(C)C. The molecule has 2 aliphatic heterocycles. The van der Waals surface area contributed by atoms with Crippen LogP contribution < -0.4 is 4.90 Å². The predicted octanol–water partition coefficient (Wildman–Crippen LogP) is 7.95. The molecule has 0 unspecified atom stereocenters. The van der Waals surface area contributed by atoms with Crippen LogP contribution in [-0.4, -0.2) is 45.5 Å². The van der Waals surface area contributed by atoms with Crippen LogP contribution in [0.4, 0.5) is 11.4 Å². The average Bonchev–Trinajstić information content (AvgIpc) is 3.31. The van der Waals surface area contributed by atoms with Gasteiger partial charge in [-0.25, -0.2) is 4.79 Å².